The molecule has 0 aliphatic rings. The van der Waals surface area contributed by atoms with Crippen LogP contribution in [0.1, 0.15) is 21.7 Å². The zero-order valence-corrected chi connectivity index (χ0v) is 18.3. The van der Waals surface area contributed by atoms with E-state index in [0.29, 0.717) is 10.4 Å². The zero-order valence-electron chi connectivity index (χ0n) is 17.5. The Morgan fingerprint density at radius 2 is 1.91 bits per heavy atom. The van der Waals surface area contributed by atoms with Crippen LogP contribution in [-0.4, -0.2) is 35.6 Å². The third-order valence-electron chi connectivity index (χ3n) is 4.57. The van der Waals surface area contributed by atoms with E-state index >= 15 is 0 Å². The van der Waals surface area contributed by atoms with Gasteiger partial charge in [-0.3, -0.25) is 4.79 Å². The number of carbonyl (C=O) groups is 1. The Morgan fingerprint density at radius 1 is 1.17 bits per heavy atom. The first kappa shape index (κ1) is 23.8. The molecule has 0 saturated carbocycles. The summed E-state index contributed by atoms with van der Waals surface area (Å²) in [5.41, 5.74) is 7.95. The topological polar surface area (TPSA) is 148 Å². The molecule has 15 heteroatoms. The van der Waals surface area contributed by atoms with Gasteiger partial charge in [-0.15, -0.1) is 0 Å². The maximum Gasteiger partial charge on any atom is 0.434 e. The van der Waals surface area contributed by atoms with Gasteiger partial charge in [0, 0.05) is 17.5 Å². The molecular weight excluding hydrogens is 496 g/mol. The molecule has 0 atom stereocenters. The third-order valence-corrected chi connectivity index (χ3v) is 4.92. The highest BCUT2D eigenvalue weighted by Crippen LogP contribution is 2.39. The van der Waals surface area contributed by atoms with Crippen molar-refractivity contribution in [1.29, 1.82) is 0 Å². The summed E-state index contributed by atoms with van der Waals surface area (Å²) in [4.78, 5) is 27.2. The number of ether oxygens (including phenoxy) is 1. The molecule has 0 radical (unpaired) electrons. The summed E-state index contributed by atoms with van der Waals surface area (Å²) < 4.78 is 62.5. The Morgan fingerprint density at radius 3 is 2.54 bits per heavy atom. The minimum atomic E-state index is -5.08. The Labute approximate surface area is 198 Å². The van der Waals surface area contributed by atoms with E-state index < -0.39 is 40.8 Å². The quantitative estimate of drug-likeness (QED) is 0.388. The number of halogens is 5. The minimum absolute atomic E-state index is 0.108. The molecule has 0 aliphatic carbocycles. The number of nitrogen functional groups attached to an aromatic ring is 1. The van der Waals surface area contributed by atoms with Crippen molar-refractivity contribution in [3.05, 3.63) is 64.6 Å². The van der Waals surface area contributed by atoms with E-state index in [-0.39, 0.29) is 28.0 Å². The standard InChI is InChI=1S/C20H13ClF4N8O2/c1-8-4-5-28-19(31-8)33-15(20(23,24)25)12(17(27)34)14(32-33)9-2-3-11(10(22)6-9)35-18-13(21)16(26)29-7-30-18/h2-7H,1H3,(H2,27,34)(H2,26,29,30). The fourth-order valence-corrected chi connectivity index (χ4v) is 3.21. The first-order valence-electron chi connectivity index (χ1n) is 9.51. The number of hydrogen-bond acceptors (Lipinski definition) is 8. The molecule has 10 nitrogen and oxygen atoms in total. The summed E-state index contributed by atoms with van der Waals surface area (Å²) in [6, 6.07) is 4.53. The van der Waals surface area contributed by atoms with Crippen molar-refractivity contribution in [2.75, 3.05) is 5.73 Å². The summed E-state index contributed by atoms with van der Waals surface area (Å²) in [6.07, 6.45) is -2.81. The van der Waals surface area contributed by atoms with Crippen LogP contribution in [0.15, 0.2) is 36.8 Å². The van der Waals surface area contributed by atoms with Crippen molar-refractivity contribution in [3.8, 4) is 28.8 Å². The molecule has 4 aromatic rings. The molecule has 1 aromatic carbocycles. The summed E-state index contributed by atoms with van der Waals surface area (Å²) in [6.45, 7) is 1.53. The molecule has 0 fully saturated rings. The largest absolute Gasteiger partial charge is 0.434 e. The summed E-state index contributed by atoms with van der Waals surface area (Å²) >= 11 is 5.93. The molecular formula is C20H13ClF4N8O2. The van der Waals surface area contributed by atoms with Crippen LogP contribution in [0.25, 0.3) is 17.2 Å². The Bertz CT molecular complexity index is 1460. The Kier molecular flexibility index (Phi) is 5.98. The molecule has 0 bridgehead atoms. The van der Waals surface area contributed by atoms with Gasteiger partial charge in [0.2, 0.25) is 5.88 Å². The molecule has 0 unspecified atom stereocenters. The zero-order chi connectivity index (χ0) is 25.5. The van der Waals surface area contributed by atoms with Crippen LogP contribution in [0.2, 0.25) is 5.02 Å². The highest BCUT2D eigenvalue weighted by molar-refractivity contribution is 6.34. The lowest BCUT2D eigenvalue weighted by Crippen LogP contribution is -2.22. The van der Waals surface area contributed by atoms with Crippen molar-refractivity contribution in [2.24, 2.45) is 5.73 Å². The second-order valence-electron chi connectivity index (χ2n) is 6.97. The highest BCUT2D eigenvalue weighted by Gasteiger charge is 2.43. The number of carbonyl (C=O) groups excluding carboxylic acids is 1. The molecule has 4 rings (SSSR count). The lowest BCUT2D eigenvalue weighted by molar-refractivity contribution is -0.143. The molecule has 180 valence electrons. The van der Waals surface area contributed by atoms with E-state index in [1.165, 1.54) is 25.3 Å². The molecule has 3 aromatic heterocycles. The number of nitrogens with two attached hydrogens (primary N) is 2. The number of hydrogen-bond donors (Lipinski definition) is 2. The van der Waals surface area contributed by atoms with E-state index in [0.717, 1.165) is 18.5 Å². The van der Waals surface area contributed by atoms with Crippen molar-refractivity contribution in [3.63, 3.8) is 0 Å². The summed E-state index contributed by atoms with van der Waals surface area (Å²) in [5, 5.41) is 3.70. The first-order valence-corrected chi connectivity index (χ1v) is 9.89. The number of primary amides is 1. The minimum Gasteiger partial charge on any atom is -0.434 e. The first-order chi connectivity index (χ1) is 16.5. The van der Waals surface area contributed by atoms with E-state index in [4.69, 9.17) is 27.8 Å². The number of aromatic nitrogens is 6. The average molecular weight is 509 g/mol. The van der Waals surface area contributed by atoms with Gasteiger partial charge in [-0.25, -0.2) is 19.3 Å². The summed E-state index contributed by atoms with van der Waals surface area (Å²) in [5.74, 6) is -3.65. The van der Waals surface area contributed by atoms with E-state index in [1.54, 1.807) is 0 Å². The van der Waals surface area contributed by atoms with Crippen molar-refractivity contribution in [2.45, 2.75) is 13.1 Å². The molecule has 0 saturated heterocycles. The maximum atomic E-state index is 14.9. The smallest absolute Gasteiger partial charge is 0.434 e. The van der Waals surface area contributed by atoms with E-state index in [2.05, 4.69) is 25.0 Å². The Balaban J connectivity index is 1.86. The van der Waals surface area contributed by atoms with Gasteiger partial charge < -0.3 is 16.2 Å². The van der Waals surface area contributed by atoms with E-state index in [1.807, 2.05) is 0 Å². The second kappa shape index (κ2) is 8.79. The van der Waals surface area contributed by atoms with Gasteiger partial charge in [-0.05, 0) is 31.2 Å². The van der Waals surface area contributed by atoms with Crippen LogP contribution in [-0.2, 0) is 6.18 Å². The highest BCUT2D eigenvalue weighted by atomic mass is 35.5. The van der Waals surface area contributed by atoms with Crippen LogP contribution >= 0.6 is 11.6 Å². The lowest BCUT2D eigenvalue weighted by Gasteiger charge is -2.10. The second-order valence-corrected chi connectivity index (χ2v) is 7.35. The van der Waals surface area contributed by atoms with Gasteiger partial charge in [0.15, 0.2) is 17.3 Å². The van der Waals surface area contributed by atoms with Gasteiger partial charge in [-0.1, -0.05) is 11.6 Å². The molecule has 4 N–H and O–H groups in total. The summed E-state index contributed by atoms with van der Waals surface area (Å²) in [7, 11) is 0. The fourth-order valence-electron chi connectivity index (χ4n) is 3.07. The normalized spacial score (nSPS) is 11.5. The number of nitrogens with zero attached hydrogens (tertiary/aromatic N) is 6. The van der Waals surface area contributed by atoms with Gasteiger partial charge in [0.25, 0.3) is 11.9 Å². The number of rotatable bonds is 5. The van der Waals surface area contributed by atoms with Gasteiger partial charge >= 0.3 is 6.18 Å². The van der Waals surface area contributed by atoms with Gasteiger partial charge in [0.1, 0.15) is 22.9 Å². The molecule has 1 amide bonds. The maximum absolute atomic E-state index is 14.9. The van der Waals surface area contributed by atoms with Gasteiger partial charge in [0.05, 0.1) is 5.56 Å². The van der Waals surface area contributed by atoms with Crippen molar-refractivity contribution >= 4 is 23.3 Å². The molecule has 3 heterocycles. The Hall–Kier alpha value is -4.33. The molecule has 35 heavy (non-hydrogen) atoms. The number of aryl methyl sites for hydroxylation is 1. The fraction of sp³-hybridized carbons (Fsp3) is 0.100. The molecule has 0 aliphatic heterocycles. The van der Waals surface area contributed by atoms with Crippen molar-refractivity contribution < 1.29 is 27.1 Å². The van der Waals surface area contributed by atoms with Crippen molar-refractivity contribution in [1.82, 2.24) is 29.7 Å². The molecule has 0 spiro atoms. The van der Waals surface area contributed by atoms with Crippen LogP contribution in [0.3, 0.4) is 0 Å². The van der Waals surface area contributed by atoms with Crippen LogP contribution in [0.5, 0.6) is 11.6 Å². The van der Waals surface area contributed by atoms with Crippen LogP contribution in [0.4, 0.5) is 23.4 Å². The monoisotopic (exact) mass is 508 g/mol. The SMILES string of the molecule is Cc1ccnc(-n2nc(-c3ccc(Oc4ncnc(N)c4Cl)c(F)c3)c(C(N)=O)c2C(F)(F)F)n1. The van der Waals surface area contributed by atoms with Crippen LogP contribution < -0.4 is 16.2 Å². The van der Waals surface area contributed by atoms with Crippen LogP contribution in [0, 0.1) is 12.7 Å². The van der Waals surface area contributed by atoms with E-state index in [9.17, 15) is 22.4 Å². The number of alkyl halides is 3. The predicted octanol–water partition coefficient (Wildman–Crippen LogP) is 3.71. The predicted molar refractivity (Wildman–Crippen MR) is 114 cm³/mol. The number of anilines is 1. The number of amides is 1. The average Bonchev–Trinajstić information content (AvgIpc) is 3.20. The lowest BCUT2D eigenvalue weighted by atomic mass is 10.0. The number of benzene rings is 1. The van der Waals surface area contributed by atoms with Gasteiger partial charge in [-0.2, -0.15) is 27.9 Å². The third kappa shape index (κ3) is 4.55.